The van der Waals surface area contributed by atoms with E-state index >= 15 is 0 Å². The SMILES string of the molecule is C.CCCCCCCNC(=O)c1cc2ccccc2c(-c2ccccc2Cl)n1.CNC(=O)CN1CCN(CP(=O)(O)O)CCN(Cc2ccc3cc(C)ccc3n2)CCN(CP(=O)(O)O)CC1. The number of aryl methyl sites for hydroxylation is 1. The molecule has 0 bridgehead atoms. The quantitative estimate of drug-likeness (QED) is 0.0428. The average molecular weight is 984 g/mol. The van der Waals surface area contributed by atoms with Gasteiger partial charge < -0.3 is 30.2 Å². The second-order valence-corrected chi connectivity index (χ2v) is 20.4. The molecule has 2 amide bonds. The van der Waals surface area contributed by atoms with Gasteiger partial charge in [-0.3, -0.25) is 43.3 Å². The van der Waals surface area contributed by atoms with Crippen LogP contribution in [0.4, 0.5) is 0 Å². The Morgan fingerprint density at radius 2 is 1.30 bits per heavy atom. The highest BCUT2D eigenvalue weighted by atomic mass is 35.5. The summed E-state index contributed by atoms with van der Waals surface area (Å²) in [5.74, 6) is -0.348. The number of hydrogen-bond donors (Lipinski definition) is 6. The van der Waals surface area contributed by atoms with E-state index in [9.17, 15) is 38.3 Å². The number of hydrogen-bond acceptors (Lipinski definition) is 10. The molecule has 3 aromatic carbocycles. The summed E-state index contributed by atoms with van der Waals surface area (Å²) in [5, 5.41) is 9.20. The fourth-order valence-corrected chi connectivity index (χ4v) is 9.61. The van der Waals surface area contributed by atoms with Crippen LogP contribution in [0.15, 0.2) is 84.9 Å². The van der Waals surface area contributed by atoms with Gasteiger partial charge in [0.2, 0.25) is 5.91 Å². The van der Waals surface area contributed by atoms with Crippen LogP contribution in [0.25, 0.3) is 32.9 Å². The molecule has 0 unspecified atom stereocenters. The number of rotatable bonds is 16. The zero-order chi connectivity index (χ0) is 47.7. The third kappa shape index (κ3) is 19.0. The van der Waals surface area contributed by atoms with Gasteiger partial charge in [0.05, 0.1) is 23.4 Å². The third-order valence-electron chi connectivity index (χ3n) is 11.3. The van der Waals surface area contributed by atoms with Gasteiger partial charge in [0.25, 0.3) is 5.91 Å². The first kappa shape index (κ1) is 55.4. The highest BCUT2D eigenvalue weighted by molar-refractivity contribution is 7.51. The molecule has 0 atom stereocenters. The molecule has 5 aromatic rings. The molecule has 3 heterocycles. The maximum atomic E-state index is 12.6. The number of carbonyl (C=O) groups excluding carboxylic acids is 2. The zero-order valence-corrected chi connectivity index (χ0v) is 40.7. The van der Waals surface area contributed by atoms with Crippen LogP contribution in [0, 0.1) is 6.92 Å². The standard InChI is InChI=1S/C24H40N6O7P2.C23H25ClN2O.CH4/c1-20-3-6-23-21(15-20)4-5-22(26-23)16-27-7-11-29(18-38(32,33)34)13-9-28(17-24(31)25-2)10-14-30(12-8-27)19-39(35,36)37;1-2-3-4-5-10-15-25-23(27)21-16-17-11-6-7-12-18(17)22(26-21)19-13-8-9-14-20(19)24;/h3-6,15H,7-14,16-19H2,1-2H3,(H,25,31)(H2,32,33,34)(H2,35,36,37);6-9,11-14,16H,2-5,10,15H2,1H3,(H,25,27);1H4. The van der Waals surface area contributed by atoms with Crippen LogP contribution in [0.2, 0.25) is 5.02 Å². The summed E-state index contributed by atoms with van der Waals surface area (Å²) in [7, 11) is -7.10. The summed E-state index contributed by atoms with van der Waals surface area (Å²) in [5.41, 5.74) is 4.85. The number of nitrogens with zero attached hydrogens (tertiary/aromatic N) is 6. The fourth-order valence-electron chi connectivity index (χ4n) is 7.78. The van der Waals surface area contributed by atoms with E-state index in [-0.39, 0.29) is 25.8 Å². The minimum Gasteiger partial charge on any atom is -0.358 e. The van der Waals surface area contributed by atoms with Gasteiger partial charge >= 0.3 is 15.2 Å². The van der Waals surface area contributed by atoms with Crippen LogP contribution >= 0.6 is 26.8 Å². The Kier molecular flexibility index (Phi) is 22.5. The molecule has 1 fully saturated rings. The predicted molar refractivity (Wildman–Crippen MR) is 269 cm³/mol. The van der Waals surface area contributed by atoms with Crippen molar-refractivity contribution in [3.05, 3.63) is 107 Å². The molecule has 0 aliphatic carbocycles. The van der Waals surface area contributed by atoms with Gasteiger partial charge in [-0.25, -0.2) is 4.98 Å². The highest BCUT2D eigenvalue weighted by Crippen LogP contribution is 2.36. The largest absolute Gasteiger partial charge is 0.358 e. The van der Waals surface area contributed by atoms with E-state index in [1.54, 1.807) is 9.80 Å². The van der Waals surface area contributed by atoms with E-state index in [4.69, 9.17) is 16.6 Å². The molecule has 1 aliphatic rings. The summed E-state index contributed by atoms with van der Waals surface area (Å²) in [6.07, 6.45) is 5.04. The van der Waals surface area contributed by atoms with Gasteiger partial charge in [-0.05, 0) is 49.1 Å². The number of halogens is 1. The molecule has 16 nitrogen and oxygen atoms in total. The van der Waals surface area contributed by atoms with Gasteiger partial charge in [0, 0.05) is 93.9 Å². The monoisotopic (exact) mass is 982 g/mol. The first-order chi connectivity index (χ1) is 31.5. The Labute approximate surface area is 400 Å². The third-order valence-corrected chi connectivity index (χ3v) is 13.2. The van der Waals surface area contributed by atoms with Crippen molar-refractivity contribution in [1.29, 1.82) is 0 Å². The lowest BCUT2D eigenvalue weighted by molar-refractivity contribution is -0.121. The Hall–Kier alpha value is -4.15. The first-order valence-electron chi connectivity index (χ1n) is 22.5. The number of benzene rings is 3. The highest BCUT2D eigenvalue weighted by Gasteiger charge is 2.25. The molecular formula is C48H69ClN8O8P2. The van der Waals surface area contributed by atoms with Gasteiger partial charge in [-0.1, -0.05) is 112 Å². The fraction of sp³-hybridized carbons (Fsp3) is 0.458. The zero-order valence-electron chi connectivity index (χ0n) is 38.2. The summed E-state index contributed by atoms with van der Waals surface area (Å²) in [6.45, 7) is 8.48. The van der Waals surface area contributed by atoms with E-state index in [0.29, 0.717) is 76.2 Å². The molecule has 0 spiro atoms. The maximum Gasteiger partial charge on any atom is 0.339 e. The lowest BCUT2D eigenvalue weighted by atomic mass is 10.0. The van der Waals surface area contributed by atoms with Gasteiger partial charge in [0.1, 0.15) is 18.3 Å². The molecule has 1 saturated heterocycles. The smallest absolute Gasteiger partial charge is 0.339 e. The van der Waals surface area contributed by atoms with Gasteiger partial charge in [0.15, 0.2) is 0 Å². The topological polar surface area (TPSA) is 212 Å². The molecule has 2 aromatic heterocycles. The van der Waals surface area contributed by atoms with Crippen LogP contribution in [-0.2, 0) is 20.5 Å². The molecule has 0 saturated carbocycles. The van der Waals surface area contributed by atoms with Crippen molar-refractivity contribution in [3.8, 4) is 11.3 Å². The number of pyridine rings is 2. The molecule has 6 N–H and O–H groups in total. The van der Waals surface area contributed by atoms with Crippen LogP contribution in [0.3, 0.4) is 0 Å². The molecule has 0 radical (unpaired) electrons. The Balaban J connectivity index is 0.000000306. The molecule has 6 rings (SSSR count). The van der Waals surface area contributed by atoms with Crippen molar-refractivity contribution in [2.24, 2.45) is 0 Å². The average Bonchev–Trinajstić information content (AvgIpc) is 3.27. The molecule has 19 heteroatoms. The van der Waals surface area contributed by atoms with E-state index in [0.717, 1.165) is 57.0 Å². The van der Waals surface area contributed by atoms with Crippen LogP contribution in [0.1, 0.15) is 68.2 Å². The van der Waals surface area contributed by atoms with Crippen LogP contribution in [0.5, 0.6) is 0 Å². The molecule has 366 valence electrons. The molecule has 1 aliphatic heterocycles. The summed E-state index contributed by atoms with van der Waals surface area (Å²) in [6, 6.07) is 27.4. The number of amides is 2. The summed E-state index contributed by atoms with van der Waals surface area (Å²) in [4.78, 5) is 80.1. The van der Waals surface area contributed by atoms with Crippen molar-refractivity contribution in [1.82, 2.24) is 40.2 Å². The van der Waals surface area contributed by atoms with Gasteiger partial charge in [-0.2, -0.15) is 0 Å². The number of likely N-dealkylation sites (N-methyl/N-ethyl adjacent to an activating group) is 1. The lowest BCUT2D eigenvalue weighted by Crippen LogP contribution is -2.47. The minimum atomic E-state index is -4.31. The van der Waals surface area contributed by atoms with Crippen LogP contribution in [-0.4, -0.2) is 146 Å². The van der Waals surface area contributed by atoms with Crippen molar-refractivity contribution < 1.29 is 38.3 Å². The Bertz CT molecular complexity index is 2430. The molecule has 67 heavy (non-hydrogen) atoms. The Morgan fingerprint density at radius 3 is 1.93 bits per heavy atom. The number of aromatic nitrogens is 2. The second-order valence-electron chi connectivity index (χ2n) is 16.8. The Morgan fingerprint density at radius 1 is 0.701 bits per heavy atom. The second kappa shape index (κ2) is 27.1. The van der Waals surface area contributed by atoms with Gasteiger partial charge in [-0.15, -0.1) is 0 Å². The maximum absolute atomic E-state index is 12.6. The normalized spacial score (nSPS) is 15.2. The summed E-state index contributed by atoms with van der Waals surface area (Å²) < 4.78 is 23.7. The van der Waals surface area contributed by atoms with Crippen molar-refractivity contribution >= 4 is 60.3 Å². The number of fused-ring (bicyclic) bond motifs is 2. The molecular weight excluding hydrogens is 914 g/mol. The first-order valence-corrected chi connectivity index (χ1v) is 26.5. The van der Waals surface area contributed by atoms with Crippen LogP contribution < -0.4 is 10.6 Å². The lowest BCUT2D eigenvalue weighted by Gasteiger charge is -2.34. The van der Waals surface area contributed by atoms with Crippen molar-refractivity contribution in [3.63, 3.8) is 0 Å². The minimum absolute atomic E-state index is 0. The van der Waals surface area contributed by atoms with E-state index in [1.807, 2.05) is 90.7 Å². The number of unbranched alkanes of at least 4 members (excludes halogenated alkanes) is 4. The summed E-state index contributed by atoms with van der Waals surface area (Å²) >= 11 is 6.39. The van der Waals surface area contributed by atoms with E-state index < -0.39 is 27.8 Å². The predicted octanol–water partition coefficient (Wildman–Crippen LogP) is 7.17. The number of carbonyl (C=O) groups is 2. The van der Waals surface area contributed by atoms with Crippen molar-refractivity contribution in [2.75, 3.05) is 85.1 Å². The van der Waals surface area contributed by atoms with Crippen molar-refractivity contribution in [2.45, 2.75) is 59.9 Å². The number of nitrogens with one attached hydrogen (secondary N) is 2. The van der Waals surface area contributed by atoms with E-state index in [2.05, 4.69) is 33.5 Å². The van der Waals surface area contributed by atoms with E-state index in [1.165, 1.54) is 26.3 Å².